The van der Waals surface area contributed by atoms with E-state index in [-0.39, 0.29) is 11.2 Å². The Morgan fingerprint density at radius 1 is 1.53 bits per heavy atom. The molecule has 19 heavy (non-hydrogen) atoms. The molecule has 98 valence electrons. The summed E-state index contributed by atoms with van der Waals surface area (Å²) in [7, 11) is 0. The molecule has 0 aliphatic carbocycles. The van der Waals surface area contributed by atoms with Crippen molar-refractivity contribution < 1.29 is 4.79 Å². The molecule has 2 aliphatic rings. The van der Waals surface area contributed by atoms with Crippen LogP contribution in [0.5, 0.6) is 0 Å². The average molecular weight is 274 g/mol. The highest BCUT2D eigenvalue weighted by Gasteiger charge is 2.31. The number of nitrogens with zero attached hydrogens (tertiary/aromatic N) is 3. The number of hydrogen-bond donors (Lipinski definition) is 1. The number of amides is 1. The molecule has 1 fully saturated rings. The van der Waals surface area contributed by atoms with Crippen LogP contribution in [0.15, 0.2) is 42.4 Å². The molecule has 1 amide bonds. The molecule has 5 nitrogen and oxygen atoms in total. The molecule has 2 aliphatic heterocycles. The molecule has 1 aromatic heterocycles. The van der Waals surface area contributed by atoms with Crippen LogP contribution < -0.4 is 10.2 Å². The first-order chi connectivity index (χ1) is 9.24. The third-order valence-corrected chi connectivity index (χ3v) is 4.48. The van der Waals surface area contributed by atoms with Gasteiger partial charge in [-0.25, -0.2) is 0 Å². The van der Waals surface area contributed by atoms with E-state index in [4.69, 9.17) is 0 Å². The Hall–Kier alpha value is -1.82. The van der Waals surface area contributed by atoms with Crippen molar-refractivity contribution in [2.45, 2.75) is 11.7 Å². The van der Waals surface area contributed by atoms with Crippen LogP contribution in [0.1, 0.15) is 6.42 Å². The van der Waals surface area contributed by atoms with Gasteiger partial charge in [-0.1, -0.05) is 6.58 Å². The molecule has 1 N–H and O–H groups in total. The van der Waals surface area contributed by atoms with Gasteiger partial charge in [0, 0.05) is 30.4 Å². The Kier molecular flexibility index (Phi) is 3.25. The minimum absolute atomic E-state index is 0.0356. The molecule has 0 spiro atoms. The normalized spacial score (nSPS) is 23.3. The SMILES string of the molecule is C=C1CSC(C2=CN(c3cccnn3)CC2)C(=O)N1. The molecular weight excluding hydrogens is 260 g/mol. The summed E-state index contributed by atoms with van der Waals surface area (Å²) in [5.41, 5.74) is 1.93. The number of thioether (sulfide) groups is 1. The van der Waals surface area contributed by atoms with Crippen molar-refractivity contribution in [2.75, 3.05) is 17.2 Å². The van der Waals surface area contributed by atoms with E-state index in [9.17, 15) is 4.79 Å². The van der Waals surface area contributed by atoms with Gasteiger partial charge in [-0.2, -0.15) is 5.10 Å². The molecule has 3 rings (SSSR count). The molecule has 3 heterocycles. The number of nitrogens with one attached hydrogen (secondary N) is 1. The Morgan fingerprint density at radius 2 is 2.42 bits per heavy atom. The molecular formula is C13H14N4OS. The van der Waals surface area contributed by atoms with E-state index >= 15 is 0 Å². The zero-order valence-electron chi connectivity index (χ0n) is 10.4. The summed E-state index contributed by atoms with van der Waals surface area (Å²) in [5.74, 6) is 1.63. The summed E-state index contributed by atoms with van der Waals surface area (Å²) in [6.45, 7) is 4.63. The van der Waals surface area contributed by atoms with E-state index in [1.54, 1.807) is 18.0 Å². The largest absolute Gasteiger partial charge is 0.331 e. The maximum Gasteiger partial charge on any atom is 0.241 e. The van der Waals surface area contributed by atoms with Crippen LogP contribution in [0.4, 0.5) is 5.82 Å². The van der Waals surface area contributed by atoms with Gasteiger partial charge in [0.05, 0.1) is 0 Å². The van der Waals surface area contributed by atoms with E-state index < -0.39 is 0 Å². The van der Waals surface area contributed by atoms with Crippen LogP contribution in [0.2, 0.25) is 0 Å². The minimum Gasteiger partial charge on any atom is -0.331 e. The minimum atomic E-state index is -0.104. The van der Waals surface area contributed by atoms with Gasteiger partial charge >= 0.3 is 0 Å². The van der Waals surface area contributed by atoms with Crippen molar-refractivity contribution in [1.29, 1.82) is 0 Å². The number of carbonyl (C=O) groups excluding carboxylic acids is 1. The van der Waals surface area contributed by atoms with Crippen LogP contribution in [-0.4, -0.2) is 33.7 Å². The molecule has 1 saturated heterocycles. The molecule has 0 saturated carbocycles. The third kappa shape index (κ3) is 2.49. The van der Waals surface area contributed by atoms with Crippen LogP contribution in [-0.2, 0) is 4.79 Å². The third-order valence-electron chi connectivity index (χ3n) is 3.11. The second kappa shape index (κ2) is 5.05. The van der Waals surface area contributed by atoms with E-state index in [0.717, 1.165) is 35.8 Å². The van der Waals surface area contributed by atoms with Crippen molar-refractivity contribution in [3.63, 3.8) is 0 Å². The fourth-order valence-electron chi connectivity index (χ4n) is 2.22. The predicted octanol–water partition coefficient (Wildman–Crippen LogP) is 1.32. The summed E-state index contributed by atoms with van der Waals surface area (Å²) in [4.78, 5) is 14.0. The quantitative estimate of drug-likeness (QED) is 0.881. The first kappa shape index (κ1) is 12.2. The monoisotopic (exact) mass is 274 g/mol. The van der Waals surface area contributed by atoms with Crippen molar-refractivity contribution in [3.8, 4) is 0 Å². The lowest BCUT2D eigenvalue weighted by molar-refractivity contribution is -0.119. The maximum atomic E-state index is 12.0. The zero-order valence-corrected chi connectivity index (χ0v) is 11.2. The Balaban J connectivity index is 1.76. The molecule has 0 radical (unpaired) electrons. The van der Waals surface area contributed by atoms with Gasteiger partial charge in [-0.05, 0) is 24.1 Å². The number of anilines is 1. The first-order valence-corrected chi connectivity index (χ1v) is 7.14. The molecule has 1 aromatic rings. The van der Waals surface area contributed by atoms with Gasteiger partial charge < -0.3 is 10.2 Å². The number of rotatable bonds is 2. The van der Waals surface area contributed by atoms with E-state index in [2.05, 4.69) is 22.1 Å². The Labute approximate surface area is 115 Å². The summed E-state index contributed by atoms with van der Waals surface area (Å²) in [6, 6.07) is 3.78. The van der Waals surface area contributed by atoms with Crippen molar-refractivity contribution in [1.82, 2.24) is 15.5 Å². The lowest BCUT2D eigenvalue weighted by Gasteiger charge is -2.23. The van der Waals surface area contributed by atoms with Crippen LogP contribution in [0.3, 0.4) is 0 Å². The van der Waals surface area contributed by atoms with E-state index in [1.165, 1.54) is 0 Å². The van der Waals surface area contributed by atoms with Gasteiger partial charge in [-0.15, -0.1) is 16.9 Å². The number of aromatic nitrogens is 2. The van der Waals surface area contributed by atoms with Gasteiger partial charge in [0.15, 0.2) is 5.82 Å². The van der Waals surface area contributed by atoms with Crippen LogP contribution in [0, 0.1) is 0 Å². The molecule has 1 atom stereocenters. The predicted molar refractivity (Wildman–Crippen MR) is 75.6 cm³/mol. The second-order valence-corrected chi connectivity index (χ2v) is 5.61. The highest BCUT2D eigenvalue weighted by molar-refractivity contribution is 8.01. The highest BCUT2D eigenvalue weighted by Crippen LogP contribution is 2.31. The summed E-state index contributed by atoms with van der Waals surface area (Å²) < 4.78 is 0. The molecule has 0 aromatic carbocycles. The van der Waals surface area contributed by atoms with Crippen molar-refractivity contribution >= 4 is 23.5 Å². The number of hydrogen-bond acceptors (Lipinski definition) is 5. The topological polar surface area (TPSA) is 58.1 Å². The Morgan fingerprint density at radius 3 is 3.16 bits per heavy atom. The molecule has 1 unspecified atom stereocenters. The highest BCUT2D eigenvalue weighted by atomic mass is 32.2. The Bertz CT molecular complexity index is 543. The zero-order chi connectivity index (χ0) is 13.2. The van der Waals surface area contributed by atoms with Crippen LogP contribution >= 0.6 is 11.8 Å². The van der Waals surface area contributed by atoms with E-state index in [0.29, 0.717) is 0 Å². The van der Waals surface area contributed by atoms with Gasteiger partial charge in [-0.3, -0.25) is 4.79 Å². The van der Waals surface area contributed by atoms with E-state index in [1.807, 2.05) is 23.2 Å². The van der Waals surface area contributed by atoms with Crippen molar-refractivity contribution in [3.05, 3.63) is 42.4 Å². The van der Waals surface area contributed by atoms with Gasteiger partial charge in [0.1, 0.15) is 5.25 Å². The lowest BCUT2D eigenvalue weighted by Crippen LogP contribution is -2.38. The maximum absolute atomic E-state index is 12.0. The van der Waals surface area contributed by atoms with Crippen molar-refractivity contribution in [2.24, 2.45) is 0 Å². The average Bonchev–Trinajstić information content (AvgIpc) is 2.89. The van der Waals surface area contributed by atoms with Gasteiger partial charge in [0.2, 0.25) is 5.91 Å². The molecule has 6 heteroatoms. The number of carbonyl (C=O) groups is 1. The summed E-state index contributed by atoms with van der Waals surface area (Å²) in [5, 5.41) is 10.7. The second-order valence-electron chi connectivity index (χ2n) is 4.51. The fraction of sp³-hybridized carbons (Fsp3) is 0.308. The van der Waals surface area contributed by atoms with Gasteiger partial charge in [0.25, 0.3) is 0 Å². The smallest absolute Gasteiger partial charge is 0.241 e. The fourth-order valence-corrected chi connectivity index (χ4v) is 3.26. The molecule has 0 bridgehead atoms. The van der Waals surface area contributed by atoms with Crippen LogP contribution in [0.25, 0.3) is 0 Å². The standard InChI is InChI=1S/C13H14N4OS/c1-9-8-19-12(13(18)15-9)10-4-6-17(7-10)11-3-2-5-14-16-11/h2-3,5,7,12H,1,4,6,8H2,(H,15,18). The summed E-state index contributed by atoms with van der Waals surface area (Å²) >= 11 is 1.63. The lowest BCUT2D eigenvalue weighted by atomic mass is 10.1. The first-order valence-electron chi connectivity index (χ1n) is 6.09. The summed E-state index contributed by atoms with van der Waals surface area (Å²) in [6.07, 6.45) is 4.56.